The van der Waals surface area contributed by atoms with Crippen molar-refractivity contribution in [2.24, 2.45) is 0 Å². The van der Waals surface area contributed by atoms with Gasteiger partial charge in [0.15, 0.2) is 0 Å². The summed E-state index contributed by atoms with van der Waals surface area (Å²) in [5.74, 6) is 1.32. The van der Waals surface area contributed by atoms with Gasteiger partial charge in [-0.25, -0.2) is 9.78 Å². The number of nitrogens with one attached hydrogen (secondary N) is 1. The summed E-state index contributed by atoms with van der Waals surface area (Å²) in [6, 6.07) is 5.55. The van der Waals surface area contributed by atoms with Crippen LogP contribution >= 0.6 is 0 Å². The highest BCUT2D eigenvalue weighted by molar-refractivity contribution is 5.83. The standard InChI is InChI=1S/C16H26N4O3/c1-16(2,3)23-15(22)18-13-5-4-6-14(17-13)20-9-7-19(8-10-20)11-12-21/h4-6,21H,7-12H2,1-3H3,(H,17,18,22). The minimum atomic E-state index is -0.537. The predicted octanol–water partition coefficient (Wildman–Crippen LogP) is 1.54. The summed E-state index contributed by atoms with van der Waals surface area (Å²) in [5.41, 5.74) is -0.537. The average Bonchev–Trinajstić information content (AvgIpc) is 2.46. The molecule has 0 spiro atoms. The van der Waals surface area contributed by atoms with Gasteiger partial charge in [-0.1, -0.05) is 6.07 Å². The largest absolute Gasteiger partial charge is 0.444 e. The van der Waals surface area contributed by atoms with Crippen LogP contribution in [0.5, 0.6) is 0 Å². The highest BCUT2D eigenvalue weighted by Gasteiger charge is 2.19. The van der Waals surface area contributed by atoms with Crippen LogP contribution in [-0.2, 0) is 4.74 Å². The van der Waals surface area contributed by atoms with Crippen molar-refractivity contribution in [3.05, 3.63) is 18.2 Å². The van der Waals surface area contributed by atoms with Gasteiger partial charge in [-0.15, -0.1) is 0 Å². The van der Waals surface area contributed by atoms with Crippen LogP contribution in [0.1, 0.15) is 20.8 Å². The molecule has 7 nitrogen and oxygen atoms in total. The molecule has 23 heavy (non-hydrogen) atoms. The molecule has 1 fully saturated rings. The van der Waals surface area contributed by atoms with Gasteiger partial charge in [0.05, 0.1) is 6.61 Å². The van der Waals surface area contributed by atoms with E-state index < -0.39 is 11.7 Å². The second kappa shape index (κ2) is 7.61. The molecule has 1 aromatic heterocycles. The fourth-order valence-corrected chi connectivity index (χ4v) is 2.42. The van der Waals surface area contributed by atoms with Crippen LogP contribution in [0.25, 0.3) is 0 Å². The van der Waals surface area contributed by atoms with Crippen molar-refractivity contribution in [1.29, 1.82) is 0 Å². The number of rotatable bonds is 4. The second-order valence-electron chi connectivity index (χ2n) is 6.56. The van der Waals surface area contributed by atoms with E-state index in [1.54, 1.807) is 6.07 Å². The monoisotopic (exact) mass is 322 g/mol. The van der Waals surface area contributed by atoms with Crippen molar-refractivity contribution < 1.29 is 14.6 Å². The van der Waals surface area contributed by atoms with Crippen molar-refractivity contribution in [3.63, 3.8) is 0 Å². The van der Waals surface area contributed by atoms with Crippen LogP contribution in [0.3, 0.4) is 0 Å². The van der Waals surface area contributed by atoms with E-state index in [2.05, 4.69) is 20.1 Å². The van der Waals surface area contributed by atoms with E-state index in [4.69, 9.17) is 9.84 Å². The smallest absolute Gasteiger partial charge is 0.413 e. The number of anilines is 2. The number of piperazine rings is 1. The molecule has 0 aromatic carbocycles. The maximum absolute atomic E-state index is 11.8. The third-order valence-electron chi connectivity index (χ3n) is 3.48. The summed E-state index contributed by atoms with van der Waals surface area (Å²) < 4.78 is 5.23. The van der Waals surface area contributed by atoms with Crippen LogP contribution < -0.4 is 10.2 Å². The summed E-state index contributed by atoms with van der Waals surface area (Å²) in [5, 5.41) is 11.6. The molecule has 2 rings (SSSR count). The van der Waals surface area contributed by atoms with Crippen LogP contribution in [-0.4, -0.2) is 66.0 Å². The number of aliphatic hydroxyl groups is 1. The Morgan fingerprint density at radius 3 is 2.61 bits per heavy atom. The van der Waals surface area contributed by atoms with Crippen molar-refractivity contribution in [2.75, 3.05) is 49.5 Å². The van der Waals surface area contributed by atoms with Crippen molar-refractivity contribution in [1.82, 2.24) is 9.88 Å². The van der Waals surface area contributed by atoms with Gasteiger partial charge in [-0.05, 0) is 32.9 Å². The lowest BCUT2D eigenvalue weighted by molar-refractivity contribution is 0.0635. The van der Waals surface area contributed by atoms with E-state index in [1.807, 2.05) is 32.9 Å². The molecule has 1 aliphatic rings. The molecule has 1 amide bonds. The molecule has 1 aliphatic heterocycles. The van der Waals surface area contributed by atoms with Gasteiger partial charge >= 0.3 is 6.09 Å². The number of aromatic nitrogens is 1. The highest BCUT2D eigenvalue weighted by Crippen LogP contribution is 2.17. The Kier molecular flexibility index (Phi) is 5.79. The molecule has 0 atom stereocenters. The number of nitrogens with zero attached hydrogens (tertiary/aromatic N) is 3. The average molecular weight is 322 g/mol. The third kappa shape index (κ3) is 5.69. The first-order chi connectivity index (χ1) is 10.9. The zero-order valence-corrected chi connectivity index (χ0v) is 14.1. The van der Waals surface area contributed by atoms with Crippen LogP contribution in [0, 0.1) is 0 Å². The number of hydrogen-bond acceptors (Lipinski definition) is 6. The van der Waals surface area contributed by atoms with E-state index >= 15 is 0 Å². The molecule has 2 N–H and O–H groups in total. The molecule has 0 unspecified atom stereocenters. The summed E-state index contributed by atoms with van der Waals surface area (Å²) >= 11 is 0. The fourth-order valence-electron chi connectivity index (χ4n) is 2.42. The van der Waals surface area contributed by atoms with Gasteiger partial charge < -0.3 is 14.7 Å². The first-order valence-electron chi connectivity index (χ1n) is 7.92. The van der Waals surface area contributed by atoms with Gasteiger partial charge in [0, 0.05) is 32.7 Å². The minimum Gasteiger partial charge on any atom is -0.444 e. The Labute approximate surface area is 137 Å². The number of carbonyl (C=O) groups is 1. The summed E-state index contributed by atoms with van der Waals surface area (Å²) in [4.78, 5) is 20.7. The lowest BCUT2D eigenvalue weighted by Gasteiger charge is -2.35. The molecule has 0 bridgehead atoms. The first-order valence-corrected chi connectivity index (χ1v) is 7.92. The molecule has 0 radical (unpaired) electrons. The zero-order valence-electron chi connectivity index (χ0n) is 14.1. The molecular weight excluding hydrogens is 296 g/mol. The number of hydrogen-bond donors (Lipinski definition) is 2. The van der Waals surface area contributed by atoms with Crippen molar-refractivity contribution >= 4 is 17.7 Å². The van der Waals surface area contributed by atoms with Gasteiger partial charge in [0.1, 0.15) is 17.2 Å². The normalized spacial score (nSPS) is 16.3. The minimum absolute atomic E-state index is 0.188. The van der Waals surface area contributed by atoms with Crippen molar-refractivity contribution in [2.45, 2.75) is 26.4 Å². The SMILES string of the molecule is CC(C)(C)OC(=O)Nc1cccc(N2CCN(CCO)CC2)n1. The Morgan fingerprint density at radius 1 is 1.30 bits per heavy atom. The quantitative estimate of drug-likeness (QED) is 0.875. The molecule has 1 saturated heterocycles. The number of carbonyl (C=O) groups excluding carboxylic acids is 1. The number of pyridine rings is 1. The molecule has 0 aliphatic carbocycles. The molecule has 0 saturated carbocycles. The lowest BCUT2D eigenvalue weighted by Crippen LogP contribution is -2.47. The van der Waals surface area contributed by atoms with Crippen LogP contribution in [0.15, 0.2) is 18.2 Å². The second-order valence-corrected chi connectivity index (χ2v) is 6.56. The summed E-state index contributed by atoms with van der Waals surface area (Å²) in [7, 11) is 0. The van der Waals surface area contributed by atoms with Gasteiger partial charge in [0.2, 0.25) is 0 Å². The number of aliphatic hydroxyl groups excluding tert-OH is 1. The van der Waals surface area contributed by atoms with Gasteiger partial charge in [-0.3, -0.25) is 10.2 Å². The van der Waals surface area contributed by atoms with Crippen LogP contribution in [0.2, 0.25) is 0 Å². The Morgan fingerprint density at radius 2 is 2.00 bits per heavy atom. The van der Waals surface area contributed by atoms with Gasteiger partial charge in [0.25, 0.3) is 0 Å². The molecule has 128 valence electrons. The van der Waals surface area contributed by atoms with E-state index in [0.717, 1.165) is 32.0 Å². The topological polar surface area (TPSA) is 77.9 Å². The summed E-state index contributed by atoms with van der Waals surface area (Å²) in [6.07, 6.45) is -0.505. The Hall–Kier alpha value is -1.86. The highest BCUT2D eigenvalue weighted by atomic mass is 16.6. The number of amides is 1. The van der Waals surface area contributed by atoms with E-state index in [-0.39, 0.29) is 6.61 Å². The van der Waals surface area contributed by atoms with Gasteiger partial charge in [-0.2, -0.15) is 0 Å². The lowest BCUT2D eigenvalue weighted by atomic mass is 10.2. The number of β-amino-alcohol motifs (C(OH)–C–C–N with tert-alkyl or cyclic N) is 1. The molecule has 7 heteroatoms. The van der Waals surface area contributed by atoms with Crippen LogP contribution in [0.4, 0.5) is 16.4 Å². The predicted molar refractivity (Wildman–Crippen MR) is 89.8 cm³/mol. The fraction of sp³-hybridized carbons (Fsp3) is 0.625. The zero-order chi connectivity index (χ0) is 16.9. The number of ether oxygens (including phenoxy) is 1. The molecular formula is C16H26N4O3. The maximum atomic E-state index is 11.8. The Bertz CT molecular complexity index is 522. The first kappa shape index (κ1) is 17.5. The summed E-state index contributed by atoms with van der Waals surface area (Å²) in [6.45, 7) is 9.85. The maximum Gasteiger partial charge on any atom is 0.413 e. The van der Waals surface area contributed by atoms with E-state index in [1.165, 1.54) is 0 Å². The van der Waals surface area contributed by atoms with E-state index in [0.29, 0.717) is 12.4 Å². The third-order valence-corrected chi connectivity index (χ3v) is 3.48. The molecule has 2 heterocycles. The molecule has 1 aromatic rings. The van der Waals surface area contributed by atoms with E-state index in [9.17, 15) is 4.79 Å². The Balaban J connectivity index is 1.94. The van der Waals surface area contributed by atoms with Crippen molar-refractivity contribution in [3.8, 4) is 0 Å².